The first-order valence-electron chi connectivity index (χ1n) is 12.3. The number of nitriles is 1. The maximum atomic E-state index is 13.5. The van der Waals surface area contributed by atoms with Crippen molar-refractivity contribution < 1.29 is 23.0 Å². The number of hydrogen-bond donors (Lipinski definition) is 2. The number of aromatic amines is 1. The maximum absolute atomic E-state index is 13.5. The summed E-state index contributed by atoms with van der Waals surface area (Å²) in [6, 6.07) is 5.78. The molecule has 10 nitrogen and oxygen atoms in total. The van der Waals surface area contributed by atoms with Crippen LogP contribution < -0.4 is 15.4 Å². The number of H-pyrrole nitrogens is 1. The van der Waals surface area contributed by atoms with Crippen LogP contribution in [0.25, 0.3) is 0 Å². The second-order valence-corrected chi connectivity index (χ2v) is 9.70. The highest BCUT2D eigenvalue weighted by atomic mass is 19.4. The monoisotopic (exact) mass is 519 g/mol. The van der Waals surface area contributed by atoms with E-state index in [0.29, 0.717) is 37.9 Å². The van der Waals surface area contributed by atoms with Gasteiger partial charge in [-0.3, -0.25) is 9.69 Å². The summed E-state index contributed by atoms with van der Waals surface area (Å²) in [5.74, 6) is 0.828. The van der Waals surface area contributed by atoms with E-state index in [0.717, 1.165) is 25.0 Å². The number of alkyl halides is 3. The van der Waals surface area contributed by atoms with Crippen LogP contribution in [0.3, 0.4) is 0 Å². The zero-order chi connectivity index (χ0) is 26.2. The van der Waals surface area contributed by atoms with E-state index in [1.165, 1.54) is 0 Å². The van der Waals surface area contributed by atoms with Gasteiger partial charge in [-0.25, -0.2) is 10.1 Å². The van der Waals surface area contributed by atoms with E-state index in [2.05, 4.69) is 26.0 Å². The molecular formula is C24H28F3N7O3. The van der Waals surface area contributed by atoms with Crippen LogP contribution in [0.2, 0.25) is 0 Å². The normalized spacial score (nSPS) is 24.6. The van der Waals surface area contributed by atoms with Crippen molar-refractivity contribution >= 4 is 11.5 Å². The Labute approximate surface area is 211 Å². The minimum atomic E-state index is -4.79. The Hall–Kier alpha value is -3.21. The van der Waals surface area contributed by atoms with Gasteiger partial charge < -0.3 is 19.6 Å². The summed E-state index contributed by atoms with van der Waals surface area (Å²) >= 11 is 0. The molecule has 0 spiro atoms. The lowest BCUT2D eigenvalue weighted by molar-refractivity contribution is -0.138. The molecule has 3 saturated heterocycles. The van der Waals surface area contributed by atoms with E-state index in [1.54, 1.807) is 17.2 Å². The first kappa shape index (κ1) is 25.4. The highest BCUT2D eigenvalue weighted by Gasteiger charge is 2.46. The van der Waals surface area contributed by atoms with Crippen LogP contribution in [0.5, 0.6) is 0 Å². The van der Waals surface area contributed by atoms with Gasteiger partial charge in [0.2, 0.25) is 0 Å². The Bertz CT molecular complexity index is 1200. The summed E-state index contributed by atoms with van der Waals surface area (Å²) < 4.78 is 46.3. The van der Waals surface area contributed by atoms with Gasteiger partial charge in [0, 0.05) is 44.3 Å². The van der Waals surface area contributed by atoms with Gasteiger partial charge in [-0.05, 0) is 31.4 Å². The second kappa shape index (κ2) is 10.3. The minimum absolute atomic E-state index is 0.187. The molecule has 0 amide bonds. The highest BCUT2D eigenvalue weighted by Crippen LogP contribution is 2.37. The predicted octanol–water partition coefficient (Wildman–Crippen LogP) is 1.71. The Morgan fingerprint density at radius 1 is 1.24 bits per heavy atom. The Kier molecular flexibility index (Phi) is 7.06. The van der Waals surface area contributed by atoms with Gasteiger partial charge in [-0.1, -0.05) is 0 Å². The van der Waals surface area contributed by atoms with Crippen LogP contribution in [0.1, 0.15) is 36.8 Å². The van der Waals surface area contributed by atoms with Gasteiger partial charge in [-0.2, -0.15) is 23.5 Å². The number of aliphatic hydroxyl groups is 1. The van der Waals surface area contributed by atoms with Crippen LogP contribution in [-0.2, 0) is 10.9 Å². The lowest BCUT2D eigenvalue weighted by Crippen LogP contribution is -2.51. The van der Waals surface area contributed by atoms with Gasteiger partial charge in [0.15, 0.2) is 0 Å². The van der Waals surface area contributed by atoms with Crippen molar-refractivity contribution in [3.8, 4) is 6.07 Å². The number of aromatic nitrogens is 3. The molecule has 1 unspecified atom stereocenters. The first-order valence-corrected chi connectivity index (χ1v) is 12.3. The first-order chi connectivity index (χ1) is 17.8. The highest BCUT2D eigenvalue weighted by molar-refractivity contribution is 5.54. The van der Waals surface area contributed by atoms with E-state index in [4.69, 9.17) is 10.00 Å². The van der Waals surface area contributed by atoms with E-state index in [-0.39, 0.29) is 37.0 Å². The fourth-order valence-corrected chi connectivity index (χ4v) is 5.75. The van der Waals surface area contributed by atoms with Gasteiger partial charge >= 0.3 is 6.18 Å². The number of halogens is 3. The van der Waals surface area contributed by atoms with Gasteiger partial charge in [0.1, 0.15) is 23.7 Å². The molecule has 0 radical (unpaired) electrons. The summed E-state index contributed by atoms with van der Waals surface area (Å²) in [4.78, 5) is 22.0. The van der Waals surface area contributed by atoms with E-state index < -0.39 is 23.5 Å². The number of nitrogens with zero attached hydrogens (tertiary/aromatic N) is 6. The molecule has 5 rings (SSSR count). The third kappa shape index (κ3) is 5.14. The number of likely N-dealkylation sites (tertiary alicyclic amines) is 1. The molecule has 3 aliphatic rings. The Morgan fingerprint density at radius 3 is 2.76 bits per heavy atom. The average molecular weight is 520 g/mol. The van der Waals surface area contributed by atoms with Crippen molar-refractivity contribution in [3.63, 3.8) is 0 Å². The standard InChI is InChI=1S/C24H28F3N7O3/c25-24(26,27)22-19(11-30-31-23(22)36)32-6-1-2-16(32)14-37-7-5-21(35)34-13-17-8-18(34)12-33(17)20-4-3-15(9-28)10-29-20/h3-4,10-11,16-18,21,35H,1-2,5-8,12-14H2,(H,31,36)/t16-,17+,18+,21?/m0/s1. The second-order valence-electron chi connectivity index (χ2n) is 9.70. The fraction of sp³-hybridized carbons (Fsp3) is 0.583. The largest absolute Gasteiger partial charge is 0.423 e. The molecule has 2 aromatic heterocycles. The van der Waals surface area contributed by atoms with Crippen LogP contribution in [-0.4, -0.2) is 82.4 Å². The molecule has 5 heterocycles. The molecule has 198 valence electrons. The topological polar surface area (TPSA) is 122 Å². The molecule has 2 aromatic rings. The van der Waals surface area contributed by atoms with Crippen molar-refractivity contribution in [2.45, 2.75) is 56.2 Å². The number of hydrogen-bond acceptors (Lipinski definition) is 9. The number of anilines is 2. The number of piperazine rings is 1. The van der Waals surface area contributed by atoms with Crippen molar-refractivity contribution in [2.24, 2.45) is 0 Å². The Morgan fingerprint density at radius 2 is 2.08 bits per heavy atom. The summed E-state index contributed by atoms with van der Waals surface area (Å²) in [5, 5.41) is 25.2. The van der Waals surface area contributed by atoms with Gasteiger partial charge in [-0.15, -0.1) is 0 Å². The number of fused-ring (bicyclic) bond motifs is 2. The number of rotatable bonds is 8. The average Bonchev–Trinajstić information content (AvgIpc) is 3.62. The fourth-order valence-electron chi connectivity index (χ4n) is 5.75. The molecule has 0 saturated carbocycles. The van der Waals surface area contributed by atoms with E-state index in [1.807, 2.05) is 11.2 Å². The zero-order valence-electron chi connectivity index (χ0n) is 20.1. The molecule has 4 atom stereocenters. The molecule has 13 heteroatoms. The van der Waals surface area contributed by atoms with E-state index in [9.17, 15) is 23.1 Å². The molecule has 37 heavy (non-hydrogen) atoms. The number of nitrogens with one attached hydrogen (secondary N) is 1. The quantitative estimate of drug-likeness (QED) is 0.502. The minimum Gasteiger partial charge on any atom is -0.379 e. The maximum Gasteiger partial charge on any atom is 0.423 e. The SMILES string of the molecule is N#Cc1ccc(N2C[C@H]3C[C@@H]2CN3C(O)CCOC[C@@H]2CCCN2c2cn[nH]c(=O)c2C(F)(F)F)nc1. The summed E-state index contributed by atoms with van der Waals surface area (Å²) in [7, 11) is 0. The molecule has 0 aliphatic carbocycles. The summed E-state index contributed by atoms with van der Waals surface area (Å²) in [6.07, 6.45) is -0.236. The lowest BCUT2D eigenvalue weighted by atomic mass is 10.2. The molecule has 2 bridgehead atoms. The number of aliphatic hydroxyl groups excluding tert-OH is 1. The van der Waals surface area contributed by atoms with Crippen LogP contribution >= 0.6 is 0 Å². The number of ether oxygens (including phenoxy) is 1. The van der Waals surface area contributed by atoms with E-state index >= 15 is 0 Å². The predicted molar refractivity (Wildman–Crippen MR) is 127 cm³/mol. The third-order valence-electron chi connectivity index (χ3n) is 7.47. The molecule has 3 aliphatic heterocycles. The van der Waals surface area contributed by atoms with Crippen LogP contribution in [0.15, 0.2) is 29.3 Å². The Balaban J connectivity index is 1.11. The lowest BCUT2D eigenvalue weighted by Gasteiger charge is -2.37. The van der Waals surface area contributed by atoms with Crippen molar-refractivity contribution in [1.82, 2.24) is 20.1 Å². The van der Waals surface area contributed by atoms with Crippen molar-refractivity contribution in [3.05, 3.63) is 46.0 Å². The smallest absolute Gasteiger partial charge is 0.379 e. The van der Waals surface area contributed by atoms with Gasteiger partial charge in [0.05, 0.1) is 36.7 Å². The summed E-state index contributed by atoms with van der Waals surface area (Å²) in [5.41, 5.74) is -2.20. The molecule has 0 aromatic carbocycles. The molecule has 3 fully saturated rings. The zero-order valence-corrected chi connectivity index (χ0v) is 20.1. The van der Waals surface area contributed by atoms with Crippen LogP contribution in [0, 0.1) is 11.3 Å². The van der Waals surface area contributed by atoms with Crippen molar-refractivity contribution in [2.75, 3.05) is 42.6 Å². The van der Waals surface area contributed by atoms with Crippen molar-refractivity contribution in [1.29, 1.82) is 5.26 Å². The van der Waals surface area contributed by atoms with Crippen LogP contribution in [0.4, 0.5) is 24.7 Å². The summed E-state index contributed by atoms with van der Waals surface area (Å²) in [6.45, 7) is 2.28. The molecule has 2 N–H and O–H groups in total. The number of pyridine rings is 1. The van der Waals surface area contributed by atoms with Gasteiger partial charge in [0.25, 0.3) is 5.56 Å². The molecular weight excluding hydrogens is 491 g/mol. The third-order valence-corrected chi connectivity index (χ3v) is 7.47.